The molecule has 74 valence electrons. The first-order valence-electron chi connectivity index (χ1n) is 5.19. The summed E-state index contributed by atoms with van der Waals surface area (Å²) in [6.45, 7) is 11.3. The lowest BCUT2D eigenvalue weighted by Gasteiger charge is -2.32. The third-order valence-corrected chi connectivity index (χ3v) is 3.27. The van der Waals surface area contributed by atoms with Gasteiger partial charge >= 0.3 is 0 Å². The van der Waals surface area contributed by atoms with Gasteiger partial charge in [0.15, 0.2) is 0 Å². The minimum Gasteiger partial charge on any atom is -0.327 e. The van der Waals surface area contributed by atoms with E-state index in [2.05, 4.69) is 34.6 Å². The third-order valence-electron chi connectivity index (χ3n) is 3.27. The van der Waals surface area contributed by atoms with Gasteiger partial charge in [-0.25, -0.2) is 0 Å². The van der Waals surface area contributed by atoms with Gasteiger partial charge in [0, 0.05) is 6.04 Å². The molecule has 0 saturated heterocycles. The second-order valence-corrected chi connectivity index (χ2v) is 4.70. The maximum absolute atomic E-state index is 6.14. The molecule has 0 aliphatic carbocycles. The van der Waals surface area contributed by atoms with Crippen LogP contribution in [0.3, 0.4) is 0 Å². The van der Waals surface area contributed by atoms with Crippen LogP contribution in [0.25, 0.3) is 0 Å². The van der Waals surface area contributed by atoms with Crippen LogP contribution in [0.2, 0.25) is 0 Å². The van der Waals surface area contributed by atoms with Gasteiger partial charge in [-0.15, -0.1) is 0 Å². The molecule has 2 unspecified atom stereocenters. The fourth-order valence-electron chi connectivity index (χ4n) is 1.18. The summed E-state index contributed by atoms with van der Waals surface area (Å²) in [5, 5.41) is 0. The first kappa shape index (κ1) is 12.0. The van der Waals surface area contributed by atoms with Crippen molar-refractivity contribution in [3.8, 4) is 0 Å². The van der Waals surface area contributed by atoms with Gasteiger partial charge in [0.1, 0.15) is 0 Å². The van der Waals surface area contributed by atoms with E-state index in [9.17, 15) is 0 Å². The van der Waals surface area contributed by atoms with E-state index in [1.54, 1.807) is 0 Å². The van der Waals surface area contributed by atoms with Crippen LogP contribution in [0.5, 0.6) is 0 Å². The Labute approximate surface area is 77.7 Å². The van der Waals surface area contributed by atoms with Crippen LogP contribution in [-0.2, 0) is 0 Å². The molecule has 0 aliphatic heterocycles. The van der Waals surface area contributed by atoms with Crippen LogP contribution in [0.15, 0.2) is 0 Å². The summed E-state index contributed by atoms with van der Waals surface area (Å²) in [5.74, 6) is 0.769. The van der Waals surface area contributed by atoms with Crippen molar-refractivity contribution in [1.29, 1.82) is 0 Å². The van der Waals surface area contributed by atoms with Gasteiger partial charge in [-0.1, -0.05) is 41.0 Å². The third kappa shape index (κ3) is 3.57. The fraction of sp³-hybridized carbons (Fsp3) is 1.00. The lowest BCUT2D eigenvalue weighted by atomic mass is 9.78. The van der Waals surface area contributed by atoms with E-state index in [1.807, 2.05) is 0 Å². The summed E-state index contributed by atoms with van der Waals surface area (Å²) < 4.78 is 0. The van der Waals surface area contributed by atoms with E-state index in [-0.39, 0.29) is 0 Å². The molecule has 0 amide bonds. The zero-order chi connectivity index (χ0) is 9.78. The summed E-state index contributed by atoms with van der Waals surface area (Å²) >= 11 is 0. The fourth-order valence-corrected chi connectivity index (χ4v) is 1.18. The normalized spacial score (nSPS) is 17.5. The Morgan fingerprint density at radius 2 is 1.75 bits per heavy atom. The Hall–Kier alpha value is -0.0400. The number of nitrogens with two attached hydrogens (primary N) is 1. The van der Waals surface area contributed by atoms with E-state index < -0.39 is 0 Å². The molecule has 0 aromatic heterocycles. The molecule has 0 fully saturated rings. The smallest absolute Gasteiger partial charge is 0.00927 e. The first-order valence-corrected chi connectivity index (χ1v) is 5.19. The van der Waals surface area contributed by atoms with E-state index in [0.717, 1.165) is 12.3 Å². The van der Waals surface area contributed by atoms with Crippen LogP contribution in [0.4, 0.5) is 0 Å². The highest BCUT2D eigenvalue weighted by Gasteiger charge is 2.24. The molecular weight excluding hydrogens is 146 g/mol. The molecule has 0 spiro atoms. The van der Waals surface area contributed by atoms with Crippen LogP contribution < -0.4 is 5.73 Å². The van der Waals surface area contributed by atoms with Gasteiger partial charge in [0.25, 0.3) is 0 Å². The number of hydrogen-bond donors (Lipinski definition) is 1. The number of rotatable bonds is 5. The zero-order valence-corrected chi connectivity index (χ0v) is 9.35. The standard InChI is InChI=1S/C11H25N/c1-6-9(3)8-10(12)11(4,5)7-2/h9-10H,6-8,12H2,1-5H3. The van der Waals surface area contributed by atoms with Crippen molar-refractivity contribution in [2.24, 2.45) is 17.1 Å². The van der Waals surface area contributed by atoms with Gasteiger partial charge in [0.2, 0.25) is 0 Å². The lowest BCUT2D eigenvalue weighted by Crippen LogP contribution is -2.38. The molecule has 1 heteroatoms. The first-order chi connectivity index (χ1) is 5.44. The molecule has 1 nitrogen and oxygen atoms in total. The predicted molar refractivity (Wildman–Crippen MR) is 56.1 cm³/mol. The van der Waals surface area contributed by atoms with Crippen molar-refractivity contribution in [3.05, 3.63) is 0 Å². The quantitative estimate of drug-likeness (QED) is 0.675. The molecular formula is C11H25N. The molecule has 12 heavy (non-hydrogen) atoms. The molecule has 0 aromatic rings. The highest BCUT2D eigenvalue weighted by Crippen LogP contribution is 2.27. The van der Waals surface area contributed by atoms with E-state index in [0.29, 0.717) is 11.5 Å². The highest BCUT2D eigenvalue weighted by molar-refractivity contribution is 4.81. The minimum atomic E-state index is 0.309. The topological polar surface area (TPSA) is 26.0 Å². The zero-order valence-electron chi connectivity index (χ0n) is 9.35. The molecule has 2 N–H and O–H groups in total. The van der Waals surface area contributed by atoms with Crippen LogP contribution in [0.1, 0.15) is 53.9 Å². The van der Waals surface area contributed by atoms with Gasteiger partial charge < -0.3 is 5.73 Å². The molecule has 0 aliphatic rings. The molecule has 0 rings (SSSR count). The highest BCUT2D eigenvalue weighted by atomic mass is 14.7. The SMILES string of the molecule is CCC(C)CC(N)C(C)(C)CC. The van der Waals surface area contributed by atoms with Crippen LogP contribution in [0, 0.1) is 11.3 Å². The average Bonchev–Trinajstić information content (AvgIpc) is 2.04. The molecule has 0 radical (unpaired) electrons. The maximum atomic E-state index is 6.14. The Bertz CT molecular complexity index is 118. The van der Waals surface area contributed by atoms with Crippen molar-refractivity contribution in [1.82, 2.24) is 0 Å². The second kappa shape index (κ2) is 4.86. The molecule has 0 bridgehead atoms. The summed E-state index contributed by atoms with van der Waals surface area (Å²) in [4.78, 5) is 0. The summed E-state index contributed by atoms with van der Waals surface area (Å²) in [6.07, 6.45) is 3.58. The van der Waals surface area contributed by atoms with Crippen molar-refractivity contribution in [2.45, 2.75) is 59.9 Å². The Kier molecular flexibility index (Phi) is 4.84. The summed E-state index contributed by atoms with van der Waals surface area (Å²) in [5.41, 5.74) is 6.45. The molecule has 0 heterocycles. The van der Waals surface area contributed by atoms with Gasteiger partial charge in [-0.2, -0.15) is 0 Å². The summed E-state index contributed by atoms with van der Waals surface area (Å²) in [6, 6.07) is 0.359. The van der Waals surface area contributed by atoms with Crippen molar-refractivity contribution in [2.75, 3.05) is 0 Å². The van der Waals surface area contributed by atoms with Crippen LogP contribution >= 0.6 is 0 Å². The molecule has 0 aromatic carbocycles. The second-order valence-electron chi connectivity index (χ2n) is 4.70. The monoisotopic (exact) mass is 171 g/mol. The van der Waals surface area contributed by atoms with Crippen LogP contribution in [-0.4, -0.2) is 6.04 Å². The largest absolute Gasteiger partial charge is 0.327 e. The average molecular weight is 171 g/mol. The van der Waals surface area contributed by atoms with Gasteiger partial charge in [0.05, 0.1) is 0 Å². The Balaban J connectivity index is 3.93. The van der Waals surface area contributed by atoms with E-state index in [4.69, 9.17) is 5.73 Å². The molecule has 2 atom stereocenters. The van der Waals surface area contributed by atoms with Gasteiger partial charge in [-0.3, -0.25) is 0 Å². The minimum absolute atomic E-state index is 0.309. The predicted octanol–water partition coefficient (Wildman–Crippen LogP) is 3.19. The van der Waals surface area contributed by atoms with Crippen molar-refractivity contribution in [3.63, 3.8) is 0 Å². The Morgan fingerprint density at radius 1 is 1.25 bits per heavy atom. The number of hydrogen-bond acceptors (Lipinski definition) is 1. The van der Waals surface area contributed by atoms with Gasteiger partial charge in [-0.05, 0) is 24.2 Å². The van der Waals surface area contributed by atoms with E-state index >= 15 is 0 Å². The molecule has 0 saturated carbocycles. The van der Waals surface area contributed by atoms with Crippen molar-refractivity contribution >= 4 is 0 Å². The lowest BCUT2D eigenvalue weighted by molar-refractivity contribution is 0.238. The van der Waals surface area contributed by atoms with Crippen molar-refractivity contribution < 1.29 is 0 Å². The Morgan fingerprint density at radius 3 is 2.08 bits per heavy atom. The maximum Gasteiger partial charge on any atom is 0.00927 e. The van der Waals surface area contributed by atoms with E-state index in [1.165, 1.54) is 12.8 Å². The summed E-state index contributed by atoms with van der Waals surface area (Å²) in [7, 11) is 0.